The quantitative estimate of drug-likeness (QED) is 0.597. The molecule has 0 atom stereocenters. The Labute approximate surface area is 157 Å². The van der Waals surface area contributed by atoms with Gasteiger partial charge >= 0.3 is 5.97 Å². The molecular formula is C21H21N3O3. The molecule has 0 saturated heterocycles. The van der Waals surface area contributed by atoms with E-state index in [1.807, 2.05) is 37.3 Å². The van der Waals surface area contributed by atoms with Crippen LogP contribution < -0.4 is 11.1 Å². The van der Waals surface area contributed by atoms with E-state index in [2.05, 4.69) is 10.3 Å². The maximum atomic E-state index is 12.7. The van der Waals surface area contributed by atoms with Crippen molar-refractivity contribution in [2.45, 2.75) is 13.8 Å². The van der Waals surface area contributed by atoms with Crippen LogP contribution in [0.3, 0.4) is 0 Å². The standard InChI is InChI=1S/C21H21N3O3/c1-3-27-21(26)15-9-11-16(12-10-15)24-20(25)17-13(2)23-19(18(17)22)14-7-5-4-6-8-14/h4-12,23H,3,22H2,1-2H3,(H,24,25). The highest BCUT2D eigenvalue weighted by Gasteiger charge is 2.20. The number of nitrogens with two attached hydrogens (primary N) is 1. The summed E-state index contributed by atoms with van der Waals surface area (Å²) < 4.78 is 4.95. The van der Waals surface area contributed by atoms with Crippen molar-refractivity contribution < 1.29 is 14.3 Å². The van der Waals surface area contributed by atoms with E-state index in [9.17, 15) is 9.59 Å². The Morgan fingerprint density at radius 1 is 1.07 bits per heavy atom. The molecule has 0 saturated carbocycles. The molecule has 4 N–H and O–H groups in total. The number of aromatic amines is 1. The molecule has 6 heteroatoms. The predicted molar refractivity (Wildman–Crippen MR) is 106 cm³/mol. The molecule has 0 aliphatic rings. The van der Waals surface area contributed by atoms with Crippen LogP contribution in [-0.2, 0) is 4.74 Å². The summed E-state index contributed by atoms with van der Waals surface area (Å²) in [6.45, 7) is 3.87. The van der Waals surface area contributed by atoms with Crippen molar-refractivity contribution in [2.24, 2.45) is 0 Å². The summed E-state index contributed by atoms with van der Waals surface area (Å²) in [5.41, 5.74) is 10.4. The lowest BCUT2D eigenvalue weighted by Crippen LogP contribution is -2.14. The molecule has 138 valence electrons. The highest BCUT2D eigenvalue weighted by atomic mass is 16.5. The second-order valence-corrected chi connectivity index (χ2v) is 6.03. The van der Waals surface area contributed by atoms with E-state index in [0.717, 1.165) is 11.3 Å². The van der Waals surface area contributed by atoms with Crippen LogP contribution in [0.15, 0.2) is 54.6 Å². The Morgan fingerprint density at radius 2 is 1.74 bits per heavy atom. The van der Waals surface area contributed by atoms with Gasteiger partial charge in [-0.2, -0.15) is 0 Å². The van der Waals surface area contributed by atoms with E-state index < -0.39 is 5.97 Å². The number of anilines is 2. The summed E-state index contributed by atoms with van der Waals surface area (Å²) in [4.78, 5) is 27.6. The fourth-order valence-electron chi connectivity index (χ4n) is 2.87. The summed E-state index contributed by atoms with van der Waals surface area (Å²) in [7, 11) is 0. The average molecular weight is 363 g/mol. The first-order chi connectivity index (χ1) is 13.0. The number of benzene rings is 2. The molecule has 0 unspecified atom stereocenters. The van der Waals surface area contributed by atoms with Crippen LogP contribution in [-0.4, -0.2) is 23.5 Å². The largest absolute Gasteiger partial charge is 0.462 e. The van der Waals surface area contributed by atoms with Gasteiger partial charge in [-0.05, 0) is 38.1 Å². The summed E-state index contributed by atoms with van der Waals surface area (Å²) in [5, 5.41) is 2.81. The maximum Gasteiger partial charge on any atom is 0.338 e. The van der Waals surface area contributed by atoms with Gasteiger partial charge in [0.15, 0.2) is 0 Å². The second-order valence-electron chi connectivity index (χ2n) is 6.03. The van der Waals surface area contributed by atoms with E-state index in [1.54, 1.807) is 31.2 Å². The predicted octanol–water partition coefficient (Wildman–Crippen LogP) is 4.00. The van der Waals surface area contributed by atoms with Crippen LogP contribution in [0, 0.1) is 6.92 Å². The highest BCUT2D eigenvalue weighted by molar-refractivity contribution is 6.10. The first-order valence-electron chi connectivity index (χ1n) is 8.63. The number of carbonyl (C=O) groups is 2. The Morgan fingerprint density at radius 3 is 2.37 bits per heavy atom. The first-order valence-corrected chi connectivity index (χ1v) is 8.63. The Hall–Kier alpha value is -3.54. The lowest BCUT2D eigenvalue weighted by molar-refractivity contribution is 0.0526. The average Bonchev–Trinajstić information content (AvgIpc) is 2.97. The lowest BCUT2D eigenvalue weighted by Gasteiger charge is -2.07. The molecule has 0 bridgehead atoms. The van der Waals surface area contributed by atoms with E-state index >= 15 is 0 Å². The Balaban J connectivity index is 1.81. The number of carbonyl (C=O) groups excluding carboxylic acids is 2. The van der Waals surface area contributed by atoms with E-state index in [0.29, 0.717) is 34.8 Å². The molecule has 3 aromatic rings. The van der Waals surface area contributed by atoms with Gasteiger partial charge in [0, 0.05) is 16.9 Å². The van der Waals surface area contributed by atoms with Crippen LogP contribution >= 0.6 is 0 Å². The van der Waals surface area contributed by atoms with Gasteiger partial charge in [0.2, 0.25) is 0 Å². The fourth-order valence-corrected chi connectivity index (χ4v) is 2.87. The second kappa shape index (κ2) is 7.78. The minimum Gasteiger partial charge on any atom is -0.462 e. The van der Waals surface area contributed by atoms with Gasteiger partial charge < -0.3 is 20.8 Å². The van der Waals surface area contributed by atoms with Crippen molar-refractivity contribution in [3.8, 4) is 11.3 Å². The molecule has 0 aliphatic heterocycles. The van der Waals surface area contributed by atoms with E-state index in [-0.39, 0.29) is 5.91 Å². The van der Waals surface area contributed by atoms with Crippen LogP contribution in [0.4, 0.5) is 11.4 Å². The van der Waals surface area contributed by atoms with Gasteiger partial charge in [0.25, 0.3) is 5.91 Å². The number of aryl methyl sites for hydroxylation is 1. The van der Waals surface area contributed by atoms with Gasteiger partial charge in [-0.25, -0.2) is 4.79 Å². The zero-order chi connectivity index (χ0) is 19.4. The highest BCUT2D eigenvalue weighted by Crippen LogP contribution is 2.30. The van der Waals surface area contributed by atoms with Gasteiger partial charge in [0.05, 0.1) is 29.1 Å². The Bertz CT molecular complexity index is 960. The normalized spacial score (nSPS) is 10.4. The molecule has 0 radical (unpaired) electrons. The molecule has 27 heavy (non-hydrogen) atoms. The monoisotopic (exact) mass is 363 g/mol. The number of H-pyrrole nitrogens is 1. The molecular weight excluding hydrogens is 342 g/mol. The maximum absolute atomic E-state index is 12.7. The third-order valence-corrected chi connectivity index (χ3v) is 4.17. The van der Waals surface area contributed by atoms with Crippen molar-refractivity contribution in [2.75, 3.05) is 17.7 Å². The number of hydrogen-bond acceptors (Lipinski definition) is 4. The lowest BCUT2D eigenvalue weighted by atomic mass is 10.1. The third-order valence-electron chi connectivity index (χ3n) is 4.17. The van der Waals surface area contributed by atoms with Crippen LogP contribution in [0.5, 0.6) is 0 Å². The van der Waals surface area contributed by atoms with Gasteiger partial charge in [-0.3, -0.25) is 4.79 Å². The number of ether oxygens (including phenoxy) is 1. The smallest absolute Gasteiger partial charge is 0.338 e. The summed E-state index contributed by atoms with van der Waals surface area (Å²) in [6, 6.07) is 16.1. The number of aromatic nitrogens is 1. The summed E-state index contributed by atoms with van der Waals surface area (Å²) >= 11 is 0. The number of nitrogens with one attached hydrogen (secondary N) is 2. The van der Waals surface area contributed by atoms with Gasteiger partial charge in [0.1, 0.15) is 0 Å². The SMILES string of the molecule is CCOC(=O)c1ccc(NC(=O)c2c(C)[nH]c(-c3ccccc3)c2N)cc1. The third kappa shape index (κ3) is 3.84. The molecule has 2 aromatic carbocycles. The summed E-state index contributed by atoms with van der Waals surface area (Å²) in [5.74, 6) is -0.707. The van der Waals surface area contributed by atoms with Crippen LogP contribution in [0.2, 0.25) is 0 Å². The minimum absolute atomic E-state index is 0.313. The van der Waals surface area contributed by atoms with Gasteiger partial charge in [-0.1, -0.05) is 30.3 Å². The number of amides is 1. The van der Waals surface area contributed by atoms with Crippen molar-refractivity contribution in [1.82, 2.24) is 4.98 Å². The van der Waals surface area contributed by atoms with E-state index in [4.69, 9.17) is 10.5 Å². The molecule has 0 fully saturated rings. The molecule has 1 heterocycles. The molecule has 0 aliphatic carbocycles. The fraction of sp³-hybridized carbons (Fsp3) is 0.143. The topological polar surface area (TPSA) is 97.2 Å². The van der Waals surface area contributed by atoms with Crippen molar-refractivity contribution in [1.29, 1.82) is 0 Å². The van der Waals surface area contributed by atoms with Crippen LogP contribution in [0.1, 0.15) is 33.3 Å². The molecule has 6 nitrogen and oxygen atoms in total. The number of rotatable bonds is 5. The zero-order valence-corrected chi connectivity index (χ0v) is 15.2. The van der Waals surface area contributed by atoms with Crippen molar-refractivity contribution in [3.63, 3.8) is 0 Å². The van der Waals surface area contributed by atoms with E-state index in [1.165, 1.54) is 0 Å². The minimum atomic E-state index is -0.395. The molecule has 3 rings (SSSR count). The zero-order valence-electron chi connectivity index (χ0n) is 15.2. The molecule has 1 amide bonds. The Kier molecular flexibility index (Phi) is 5.26. The number of hydrogen-bond donors (Lipinski definition) is 3. The van der Waals surface area contributed by atoms with Crippen LogP contribution in [0.25, 0.3) is 11.3 Å². The number of esters is 1. The molecule has 0 spiro atoms. The first kappa shape index (κ1) is 18.3. The molecule has 1 aromatic heterocycles. The summed E-state index contributed by atoms with van der Waals surface area (Å²) in [6.07, 6.45) is 0. The number of nitrogen functional groups attached to an aromatic ring is 1. The van der Waals surface area contributed by atoms with Crippen molar-refractivity contribution >= 4 is 23.3 Å². The van der Waals surface area contributed by atoms with Gasteiger partial charge in [-0.15, -0.1) is 0 Å². The van der Waals surface area contributed by atoms with Crippen molar-refractivity contribution in [3.05, 3.63) is 71.4 Å².